The minimum atomic E-state index is 0.501. The third-order valence-corrected chi connectivity index (χ3v) is 3.52. The first-order valence-corrected chi connectivity index (χ1v) is 7.52. The minimum absolute atomic E-state index is 0.501. The highest BCUT2D eigenvalue weighted by Gasteiger charge is 2.07. The van der Waals surface area contributed by atoms with Gasteiger partial charge in [-0.25, -0.2) is 0 Å². The van der Waals surface area contributed by atoms with Gasteiger partial charge in [0.15, 0.2) is 0 Å². The highest BCUT2D eigenvalue weighted by molar-refractivity contribution is 5.01. The van der Waals surface area contributed by atoms with Gasteiger partial charge in [0.2, 0.25) is 0 Å². The summed E-state index contributed by atoms with van der Waals surface area (Å²) in [6, 6.07) is 2.62. The van der Waals surface area contributed by atoms with E-state index in [1.165, 1.54) is 37.8 Å². The van der Waals surface area contributed by atoms with E-state index in [9.17, 15) is 0 Å². The molecule has 0 unspecified atom stereocenters. The summed E-state index contributed by atoms with van der Waals surface area (Å²) in [5.41, 5.74) is 1.30. The van der Waals surface area contributed by atoms with Gasteiger partial charge >= 0.3 is 0 Å². The Morgan fingerprint density at radius 2 is 2.00 bits per heavy atom. The van der Waals surface area contributed by atoms with Gasteiger partial charge in [-0.15, -0.1) is 0 Å². The van der Waals surface area contributed by atoms with Crippen LogP contribution in [0, 0.1) is 0 Å². The molecule has 3 heteroatoms. The van der Waals surface area contributed by atoms with Gasteiger partial charge < -0.3 is 5.32 Å². The number of unbranched alkanes of at least 4 members (excludes halogenated alkanes) is 4. The number of hydrogen-bond donors (Lipinski definition) is 1. The molecule has 1 aromatic heterocycles. The molecule has 0 aliphatic rings. The van der Waals surface area contributed by atoms with Crippen molar-refractivity contribution in [2.75, 3.05) is 6.54 Å². The molecule has 0 saturated heterocycles. The molecule has 1 N–H and O–H groups in total. The first kappa shape index (κ1) is 15.2. The monoisotopic (exact) mass is 251 g/mol. The first-order valence-electron chi connectivity index (χ1n) is 7.52. The molecule has 18 heavy (non-hydrogen) atoms. The zero-order chi connectivity index (χ0) is 13.2. The number of rotatable bonds is 10. The molecule has 1 aromatic rings. The molecule has 1 rings (SSSR count). The summed E-state index contributed by atoms with van der Waals surface area (Å²) in [6.45, 7) is 8.75. The minimum Gasteiger partial charge on any atom is -0.311 e. The smallest absolute Gasteiger partial charge is 0.0525 e. The van der Waals surface area contributed by atoms with Crippen molar-refractivity contribution in [3.63, 3.8) is 0 Å². The maximum absolute atomic E-state index is 4.40. The fraction of sp³-hybridized carbons (Fsp3) is 0.800. The Morgan fingerprint density at radius 1 is 1.22 bits per heavy atom. The quantitative estimate of drug-likeness (QED) is 0.639. The van der Waals surface area contributed by atoms with Crippen LogP contribution in [0.5, 0.6) is 0 Å². The van der Waals surface area contributed by atoms with Crippen LogP contribution in [0.25, 0.3) is 0 Å². The lowest BCUT2D eigenvalue weighted by Crippen LogP contribution is -2.19. The predicted molar refractivity (Wildman–Crippen MR) is 77.7 cm³/mol. The van der Waals surface area contributed by atoms with Crippen molar-refractivity contribution in [2.45, 2.75) is 71.9 Å². The average Bonchev–Trinajstić information content (AvgIpc) is 2.85. The summed E-state index contributed by atoms with van der Waals surface area (Å²) < 4.78 is 2.14. The van der Waals surface area contributed by atoms with Crippen molar-refractivity contribution < 1.29 is 0 Å². The van der Waals surface area contributed by atoms with Gasteiger partial charge in [0.25, 0.3) is 0 Å². The Labute approximate surface area is 112 Å². The number of hydrogen-bond acceptors (Lipinski definition) is 2. The predicted octanol–water partition coefficient (Wildman–Crippen LogP) is 3.91. The van der Waals surface area contributed by atoms with Crippen LogP contribution >= 0.6 is 0 Å². The van der Waals surface area contributed by atoms with E-state index in [0.29, 0.717) is 6.04 Å². The summed E-state index contributed by atoms with van der Waals surface area (Å²) in [4.78, 5) is 0. The molecular weight excluding hydrogens is 222 g/mol. The van der Waals surface area contributed by atoms with Crippen molar-refractivity contribution in [1.82, 2.24) is 15.1 Å². The zero-order valence-corrected chi connectivity index (χ0v) is 12.3. The van der Waals surface area contributed by atoms with E-state index < -0.39 is 0 Å². The molecule has 1 heterocycles. The van der Waals surface area contributed by atoms with Crippen LogP contribution in [0.1, 0.15) is 71.0 Å². The SMILES string of the molecule is CCCCCCCNCc1ccnn1[C@H](C)CC. The maximum atomic E-state index is 4.40. The van der Waals surface area contributed by atoms with Crippen LogP contribution in [0.2, 0.25) is 0 Å². The molecule has 1 atom stereocenters. The molecule has 0 aliphatic carbocycles. The van der Waals surface area contributed by atoms with Crippen LogP contribution in [0.15, 0.2) is 12.3 Å². The second-order valence-corrected chi connectivity index (χ2v) is 5.12. The lowest BCUT2D eigenvalue weighted by molar-refractivity contribution is 0.450. The van der Waals surface area contributed by atoms with E-state index in [0.717, 1.165) is 19.5 Å². The first-order chi connectivity index (χ1) is 8.79. The van der Waals surface area contributed by atoms with Crippen molar-refractivity contribution >= 4 is 0 Å². The molecule has 0 spiro atoms. The van der Waals surface area contributed by atoms with E-state index in [-0.39, 0.29) is 0 Å². The number of nitrogens with zero attached hydrogens (tertiary/aromatic N) is 2. The van der Waals surface area contributed by atoms with Crippen LogP contribution in [0.4, 0.5) is 0 Å². The summed E-state index contributed by atoms with van der Waals surface area (Å²) in [7, 11) is 0. The fourth-order valence-corrected chi connectivity index (χ4v) is 2.12. The van der Waals surface area contributed by atoms with Gasteiger partial charge in [0, 0.05) is 18.8 Å². The van der Waals surface area contributed by atoms with Crippen LogP contribution in [-0.4, -0.2) is 16.3 Å². The van der Waals surface area contributed by atoms with Gasteiger partial charge in [-0.05, 0) is 32.4 Å². The van der Waals surface area contributed by atoms with Crippen LogP contribution < -0.4 is 5.32 Å². The molecule has 104 valence electrons. The lowest BCUT2D eigenvalue weighted by Gasteiger charge is -2.14. The summed E-state index contributed by atoms with van der Waals surface area (Å²) in [5, 5.41) is 7.93. The second kappa shape index (κ2) is 9.15. The lowest BCUT2D eigenvalue weighted by atomic mass is 10.1. The van der Waals surface area contributed by atoms with Gasteiger partial charge in [0.1, 0.15) is 0 Å². The average molecular weight is 251 g/mol. The Hall–Kier alpha value is -0.830. The number of nitrogens with one attached hydrogen (secondary N) is 1. The molecule has 0 saturated carbocycles. The third-order valence-electron chi connectivity index (χ3n) is 3.52. The Bertz CT molecular complexity index is 306. The topological polar surface area (TPSA) is 29.9 Å². The van der Waals surface area contributed by atoms with Crippen LogP contribution in [-0.2, 0) is 6.54 Å². The molecule has 0 fully saturated rings. The fourth-order valence-electron chi connectivity index (χ4n) is 2.12. The van der Waals surface area contributed by atoms with Crippen LogP contribution in [0.3, 0.4) is 0 Å². The highest BCUT2D eigenvalue weighted by atomic mass is 15.3. The van der Waals surface area contributed by atoms with Crippen molar-refractivity contribution in [3.8, 4) is 0 Å². The standard InChI is InChI=1S/C15H29N3/c1-4-6-7-8-9-11-16-13-15-10-12-17-18(15)14(3)5-2/h10,12,14,16H,4-9,11,13H2,1-3H3/t14-/m1/s1. The molecular formula is C15H29N3. The highest BCUT2D eigenvalue weighted by Crippen LogP contribution is 2.12. The van der Waals surface area contributed by atoms with E-state index in [1.54, 1.807) is 0 Å². The Kier molecular flexibility index (Phi) is 7.74. The molecule has 0 bridgehead atoms. The summed E-state index contributed by atoms with van der Waals surface area (Å²) in [5.74, 6) is 0. The van der Waals surface area contributed by atoms with Gasteiger partial charge in [-0.2, -0.15) is 5.10 Å². The number of aromatic nitrogens is 2. The Balaban J connectivity index is 2.17. The molecule has 0 radical (unpaired) electrons. The third kappa shape index (κ3) is 5.21. The van der Waals surface area contributed by atoms with E-state index in [1.807, 2.05) is 6.20 Å². The largest absolute Gasteiger partial charge is 0.311 e. The second-order valence-electron chi connectivity index (χ2n) is 5.12. The molecule has 0 amide bonds. The van der Waals surface area contributed by atoms with Gasteiger partial charge in [-0.3, -0.25) is 4.68 Å². The maximum Gasteiger partial charge on any atom is 0.0525 e. The normalized spacial score (nSPS) is 12.8. The molecule has 0 aliphatic heterocycles. The van der Waals surface area contributed by atoms with E-state index >= 15 is 0 Å². The zero-order valence-electron chi connectivity index (χ0n) is 12.3. The summed E-state index contributed by atoms with van der Waals surface area (Å²) >= 11 is 0. The summed E-state index contributed by atoms with van der Waals surface area (Å²) in [6.07, 6.45) is 9.75. The Morgan fingerprint density at radius 3 is 2.72 bits per heavy atom. The molecule has 3 nitrogen and oxygen atoms in total. The van der Waals surface area contributed by atoms with Crippen molar-refractivity contribution in [1.29, 1.82) is 0 Å². The van der Waals surface area contributed by atoms with Crippen molar-refractivity contribution in [2.24, 2.45) is 0 Å². The molecule has 0 aromatic carbocycles. The van der Waals surface area contributed by atoms with Gasteiger partial charge in [-0.1, -0.05) is 39.5 Å². The van der Waals surface area contributed by atoms with Gasteiger partial charge in [0.05, 0.1) is 5.69 Å². The van der Waals surface area contributed by atoms with E-state index in [2.05, 4.69) is 41.9 Å². The van der Waals surface area contributed by atoms with E-state index in [4.69, 9.17) is 0 Å². The van der Waals surface area contributed by atoms with Crippen molar-refractivity contribution in [3.05, 3.63) is 18.0 Å².